The molecule has 0 amide bonds. The molecule has 0 radical (unpaired) electrons. The van der Waals surface area contributed by atoms with Gasteiger partial charge in [0.05, 0.1) is 16.7 Å². The summed E-state index contributed by atoms with van der Waals surface area (Å²) in [6.07, 6.45) is -0.774. The first kappa shape index (κ1) is 12.8. The van der Waals surface area contributed by atoms with Crippen LogP contribution in [0, 0.1) is 0 Å². The number of nitrogens with one attached hydrogen (secondary N) is 1. The Balaban J connectivity index is 2.94. The number of aromatic hydroxyl groups is 1. The largest absolute Gasteiger partial charge is 0.506 e. The third-order valence-corrected chi connectivity index (χ3v) is 3.30. The Labute approximate surface area is 93.8 Å². The SMILES string of the molecule is C[C@@H](O)CNS(=O)(=O)c1ccc(O)c(N)c1. The van der Waals surface area contributed by atoms with Gasteiger partial charge in [0.2, 0.25) is 10.0 Å². The van der Waals surface area contributed by atoms with Crippen LogP contribution in [0.15, 0.2) is 23.1 Å². The van der Waals surface area contributed by atoms with E-state index in [0.29, 0.717) is 0 Å². The number of hydrogen-bond donors (Lipinski definition) is 4. The van der Waals surface area contributed by atoms with Gasteiger partial charge < -0.3 is 15.9 Å². The summed E-state index contributed by atoms with van der Waals surface area (Å²) in [7, 11) is -3.70. The van der Waals surface area contributed by atoms with Gasteiger partial charge in [0.1, 0.15) is 5.75 Å². The van der Waals surface area contributed by atoms with Crippen LogP contribution in [0.2, 0.25) is 0 Å². The molecule has 6 nitrogen and oxygen atoms in total. The number of phenolic OH excluding ortho intramolecular Hbond substituents is 1. The van der Waals surface area contributed by atoms with Crippen LogP contribution in [0.25, 0.3) is 0 Å². The van der Waals surface area contributed by atoms with Crippen LogP contribution in [-0.4, -0.2) is 31.3 Å². The van der Waals surface area contributed by atoms with Crippen LogP contribution in [-0.2, 0) is 10.0 Å². The maximum Gasteiger partial charge on any atom is 0.240 e. The predicted molar refractivity (Wildman–Crippen MR) is 59.4 cm³/mol. The van der Waals surface area contributed by atoms with Crippen molar-refractivity contribution in [3.8, 4) is 5.75 Å². The smallest absolute Gasteiger partial charge is 0.240 e. The lowest BCUT2D eigenvalue weighted by molar-refractivity contribution is 0.198. The van der Waals surface area contributed by atoms with Crippen LogP contribution in [0.3, 0.4) is 0 Å². The Morgan fingerprint density at radius 2 is 2.12 bits per heavy atom. The van der Waals surface area contributed by atoms with Crippen molar-refractivity contribution in [3.63, 3.8) is 0 Å². The summed E-state index contributed by atoms with van der Waals surface area (Å²) in [5.74, 6) is -0.172. The second kappa shape index (κ2) is 4.69. The van der Waals surface area contributed by atoms with Crippen molar-refractivity contribution in [2.24, 2.45) is 0 Å². The Bertz CT molecular complexity index is 470. The van der Waals surface area contributed by atoms with Gasteiger partial charge in [-0.05, 0) is 25.1 Å². The number of sulfonamides is 1. The number of phenols is 1. The quantitative estimate of drug-likeness (QED) is 0.428. The molecule has 0 aromatic heterocycles. The van der Waals surface area contributed by atoms with Gasteiger partial charge in [-0.1, -0.05) is 0 Å². The average molecular weight is 246 g/mol. The monoisotopic (exact) mass is 246 g/mol. The average Bonchev–Trinajstić information content (AvgIpc) is 2.19. The summed E-state index contributed by atoms with van der Waals surface area (Å²) in [6, 6.07) is 3.59. The molecule has 0 fully saturated rings. The van der Waals surface area contributed by atoms with Crippen LogP contribution in [0.5, 0.6) is 5.75 Å². The molecule has 1 atom stereocenters. The van der Waals surface area contributed by atoms with E-state index in [1.165, 1.54) is 19.1 Å². The summed E-state index contributed by atoms with van der Waals surface area (Å²) in [5, 5.41) is 18.1. The molecule has 0 spiro atoms. The Morgan fingerprint density at radius 1 is 1.50 bits per heavy atom. The molecule has 1 aromatic carbocycles. The van der Waals surface area contributed by atoms with Crippen molar-refractivity contribution in [3.05, 3.63) is 18.2 Å². The Hall–Kier alpha value is -1.31. The molecule has 0 aliphatic rings. The number of nitrogen functional groups attached to an aromatic ring is 1. The van der Waals surface area contributed by atoms with Gasteiger partial charge in [-0.3, -0.25) is 0 Å². The first-order chi connectivity index (χ1) is 7.33. The molecule has 0 saturated heterocycles. The molecule has 0 saturated carbocycles. The fraction of sp³-hybridized carbons (Fsp3) is 0.333. The molecule has 16 heavy (non-hydrogen) atoms. The zero-order chi connectivity index (χ0) is 12.3. The van der Waals surface area contributed by atoms with Gasteiger partial charge >= 0.3 is 0 Å². The first-order valence-electron chi connectivity index (χ1n) is 4.59. The maximum absolute atomic E-state index is 11.6. The zero-order valence-corrected chi connectivity index (χ0v) is 9.53. The fourth-order valence-corrected chi connectivity index (χ4v) is 2.17. The third kappa shape index (κ3) is 3.09. The number of nitrogens with two attached hydrogens (primary N) is 1. The highest BCUT2D eigenvalue weighted by molar-refractivity contribution is 7.89. The highest BCUT2D eigenvalue weighted by atomic mass is 32.2. The highest BCUT2D eigenvalue weighted by Gasteiger charge is 2.15. The zero-order valence-electron chi connectivity index (χ0n) is 8.71. The van der Waals surface area contributed by atoms with Crippen LogP contribution >= 0.6 is 0 Å². The van der Waals surface area contributed by atoms with Gasteiger partial charge in [-0.25, -0.2) is 13.1 Å². The Morgan fingerprint density at radius 3 is 2.62 bits per heavy atom. The standard InChI is InChI=1S/C9H14N2O4S/c1-6(12)5-11-16(14,15)7-2-3-9(13)8(10)4-7/h2-4,6,11-13H,5,10H2,1H3/t6-/m1/s1. The topological polar surface area (TPSA) is 113 Å². The normalized spacial score (nSPS) is 13.6. The molecule has 0 bridgehead atoms. The number of aliphatic hydroxyl groups is 1. The summed E-state index contributed by atoms with van der Waals surface area (Å²) < 4.78 is 25.5. The van der Waals surface area contributed by atoms with Gasteiger partial charge in [0, 0.05) is 6.54 Å². The first-order valence-corrected chi connectivity index (χ1v) is 6.07. The molecule has 0 aliphatic heterocycles. The molecule has 0 unspecified atom stereocenters. The molecule has 0 aliphatic carbocycles. The third-order valence-electron chi connectivity index (χ3n) is 1.88. The van der Waals surface area contributed by atoms with E-state index < -0.39 is 16.1 Å². The lowest BCUT2D eigenvalue weighted by atomic mass is 10.3. The molecule has 90 valence electrons. The number of aliphatic hydroxyl groups excluding tert-OH is 1. The van der Waals surface area contributed by atoms with E-state index >= 15 is 0 Å². The molecule has 0 heterocycles. The van der Waals surface area contributed by atoms with Crippen molar-refractivity contribution in [1.29, 1.82) is 0 Å². The molecular weight excluding hydrogens is 232 g/mol. The lowest BCUT2D eigenvalue weighted by Crippen LogP contribution is -2.30. The van der Waals surface area contributed by atoms with E-state index in [0.717, 1.165) is 6.07 Å². The van der Waals surface area contributed by atoms with E-state index in [9.17, 15) is 8.42 Å². The van der Waals surface area contributed by atoms with E-state index in [1.807, 2.05) is 0 Å². The summed E-state index contributed by atoms with van der Waals surface area (Å²) in [6.45, 7) is 1.39. The van der Waals surface area contributed by atoms with Crippen molar-refractivity contribution in [1.82, 2.24) is 4.72 Å². The van der Waals surface area contributed by atoms with Crippen LogP contribution in [0.1, 0.15) is 6.92 Å². The van der Waals surface area contributed by atoms with Gasteiger partial charge in [0.25, 0.3) is 0 Å². The summed E-state index contributed by atoms with van der Waals surface area (Å²) in [5.41, 5.74) is 5.37. The van der Waals surface area contributed by atoms with Gasteiger partial charge in [-0.2, -0.15) is 0 Å². The number of hydrogen-bond acceptors (Lipinski definition) is 5. The van der Waals surface area contributed by atoms with Crippen molar-refractivity contribution in [2.75, 3.05) is 12.3 Å². The van der Waals surface area contributed by atoms with E-state index in [4.69, 9.17) is 15.9 Å². The van der Waals surface area contributed by atoms with Crippen molar-refractivity contribution in [2.45, 2.75) is 17.9 Å². The minimum Gasteiger partial charge on any atom is -0.506 e. The number of benzene rings is 1. The van der Waals surface area contributed by atoms with Crippen molar-refractivity contribution >= 4 is 15.7 Å². The van der Waals surface area contributed by atoms with Crippen LogP contribution in [0.4, 0.5) is 5.69 Å². The Kier molecular flexibility index (Phi) is 3.74. The second-order valence-electron chi connectivity index (χ2n) is 3.42. The number of rotatable bonds is 4. The van der Waals surface area contributed by atoms with E-state index in [1.54, 1.807) is 0 Å². The minimum absolute atomic E-state index is 0.0140. The highest BCUT2D eigenvalue weighted by Crippen LogP contribution is 2.22. The summed E-state index contributed by atoms with van der Waals surface area (Å²) in [4.78, 5) is -0.0524. The fourth-order valence-electron chi connectivity index (χ4n) is 1.01. The minimum atomic E-state index is -3.70. The molecule has 5 N–H and O–H groups in total. The predicted octanol–water partition coefficient (Wildman–Crippen LogP) is -0.367. The summed E-state index contributed by atoms with van der Waals surface area (Å²) >= 11 is 0. The lowest BCUT2D eigenvalue weighted by Gasteiger charge is -2.09. The molecule has 1 rings (SSSR count). The van der Waals surface area contributed by atoms with Gasteiger partial charge in [-0.15, -0.1) is 0 Å². The number of anilines is 1. The van der Waals surface area contributed by atoms with Gasteiger partial charge in [0.15, 0.2) is 0 Å². The molecular formula is C9H14N2O4S. The van der Waals surface area contributed by atoms with Crippen LogP contribution < -0.4 is 10.5 Å². The molecule has 1 aromatic rings. The second-order valence-corrected chi connectivity index (χ2v) is 5.19. The van der Waals surface area contributed by atoms with E-state index in [2.05, 4.69) is 4.72 Å². The molecule has 7 heteroatoms. The van der Waals surface area contributed by atoms with E-state index in [-0.39, 0.29) is 22.9 Å². The maximum atomic E-state index is 11.6. The van der Waals surface area contributed by atoms with Crippen molar-refractivity contribution < 1.29 is 18.6 Å².